The summed E-state index contributed by atoms with van der Waals surface area (Å²) >= 11 is 5.98. The molecular weight excluding hydrogens is 472 g/mol. The Kier molecular flexibility index (Phi) is 5.66. The second kappa shape index (κ2) is 8.68. The van der Waals surface area contributed by atoms with Crippen molar-refractivity contribution >= 4 is 46.2 Å². The van der Waals surface area contributed by atoms with Gasteiger partial charge < -0.3 is 4.90 Å². The van der Waals surface area contributed by atoms with Crippen LogP contribution in [0.15, 0.2) is 72.8 Å². The number of hydrogen-bond donors (Lipinski definition) is 0. The summed E-state index contributed by atoms with van der Waals surface area (Å²) in [7, 11) is 3.84. The van der Waals surface area contributed by atoms with Gasteiger partial charge in [0, 0.05) is 36.9 Å². The van der Waals surface area contributed by atoms with E-state index in [2.05, 4.69) is 0 Å². The lowest BCUT2D eigenvalue weighted by Crippen LogP contribution is -2.37. The topological polar surface area (TPSA) is 96.2 Å². The molecule has 2 heterocycles. The van der Waals surface area contributed by atoms with E-state index in [0.717, 1.165) is 16.2 Å². The minimum atomic E-state index is -1.07. The number of amides is 2. The molecule has 35 heavy (non-hydrogen) atoms. The first kappa shape index (κ1) is 22.8. The SMILES string of the molecule is CN(C)c1ccc(C2C3C(=O)N(c4ccc(Cl)cc4)C(=O)C3ON2c2cccc([N+](=O)[O-])c2)cc1. The number of carbonyl (C=O) groups excluding carboxylic acids is 2. The van der Waals surface area contributed by atoms with Crippen LogP contribution in [0.1, 0.15) is 11.6 Å². The number of halogens is 1. The number of nitro benzene ring substituents is 1. The zero-order valence-electron chi connectivity index (χ0n) is 18.9. The maximum atomic E-state index is 13.6. The summed E-state index contributed by atoms with van der Waals surface area (Å²) in [5, 5.41) is 13.3. The third-order valence-corrected chi connectivity index (χ3v) is 6.50. The lowest BCUT2D eigenvalue weighted by molar-refractivity contribution is -0.384. The lowest BCUT2D eigenvalue weighted by atomic mass is 9.90. The van der Waals surface area contributed by atoms with Crippen molar-refractivity contribution in [3.63, 3.8) is 0 Å². The third kappa shape index (κ3) is 3.88. The molecule has 3 aromatic rings. The van der Waals surface area contributed by atoms with Crippen LogP contribution in [0.3, 0.4) is 0 Å². The summed E-state index contributed by atoms with van der Waals surface area (Å²) in [6, 6.07) is 19.3. The van der Waals surface area contributed by atoms with Gasteiger partial charge in [-0.15, -0.1) is 0 Å². The number of nitro groups is 1. The van der Waals surface area contributed by atoms with Crippen LogP contribution in [0.2, 0.25) is 5.02 Å². The van der Waals surface area contributed by atoms with E-state index in [1.807, 2.05) is 43.3 Å². The van der Waals surface area contributed by atoms with Crippen molar-refractivity contribution in [2.75, 3.05) is 29.0 Å². The molecule has 2 fully saturated rings. The molecule has 0 aliphatic carbocycles. The van der Waals surface area contributed by atoms with Crippen LogP contribution < -0.4 is 14.9 Å². The summed E-state index contributed by atoms with van der Waals surface area (Å²) in [5.41, 5.74) is 2.38. The molecule has 178 valence electrons. The molecule has 2 aliphatic heterocycles. The minimum Gasteiger partial charge on any atom is -0.378 e. The van der Waals surface area contributed by atoms with Gasteiger partial charge in [-0.05, 0) is 48.0 Å². The maximum Gasteiger partial charge on any atom is 0.271 e. The van der Waals surface area contributed by atoms with Gasteiger partial charge in [0.2, 0.25) is 5.91 Å². The minimum absolute atomic E-state index is 0.120. The predicted octanol–water partition coefficient (Wildman–Crippen LogP) is 4.37. The molecule has 0 aromatic heterocycles. The van der Waals surface area contributed by atoms with Crippen molar-refractivity contribution in [3.8, 4) is 0 Å². The number of anilines is 3. The van der Waals surface area contributed by atoms with Gasteiger partial charge in [-0.3, -0.25) is 24.5 Å². The molecule has 9 nitrogen and oxygen atoms in total. The van der Waals surface area contributed by atoms with Gasteiger partial charge in [0.05, 0.1) is 22.3 Å². The highest BCUT2D eigenvalue weighted by molar-refractivity contribution is 6.31. The van der Waals surface area contributed by atoms with Crippen LogP contribution in [0.5, 0.6) is 0 Å². The molecule has 0 spiro atoms. The van der Waals surface area contributed by atoms with Crippen molar-refractivity contribution in [2.45, 2.75) is 12.1 Å². The summed E-state index contributed by atoms with van der Waals surface area (Å²) in [6.45, 7) is 0. The maximum absolute atomic E-state index is 13.6. The highest BCUT2D eigenvalue weighted by atomic mass is 35.5. The summed E-state index contributed by atoms with van der Waals surface area (Å²) in [4.78, 5) is 47.0. The molecule has 2 amide bonds. The number of hydroxylamine groups is 1. The number of non-ortho nitro benzene ring substituents is 1. The van der Waals surface area contributed by atoms with E-state index in [-0.39, 0.29) is 5.69 Å². The van der Waals surface area contributed by atoms with Gasteiger partial charge >= 0.3 is 0 Å². The Bertz CT molecular complexity index is 1310. The van der Waals surface area contributed by atoms with Crippen molar-refractivity contribution in [3.05, 3.63) is 93.5 Å². The zero-order valence-corrected chi connectivity index (χ0v) is 19.6. The van der Waals surface area contributed by atoms with Crippen LogP contribution in [-0.2, 0) is 14.4 Å². The normalized spacial score (nSPS) is 21.4. The molecule has 0 saturated carbocycles. The number of hydrogen-bond acceptors (Lipinski definition) is 7. The molecular formula is C25H21ClN4O5. The molecule has 3 unspecified atom stereocenters. The second-order valence-corrected chi connectivity index (χ2v) is 9.01. The molecule has 5 rings (SSSR count). The molecule has 0 N–H and O–H groups in total. The van der Waals surface area contributed by atoms with Crippen LogP contribution >= 0.6 is 11.6 Å². The first-order valence-corrected chi connectivity index (χ1v) is 11.2. The Morgan fingerprint density at radius 1 is 0.943 bits per heavy atom. The summed E-state index contributed by atoms with van der Waals surface area (Å²) < 4.78 is 0. The van der Waals surface area contributed by atoms with E-state index in [0.29, 0.717) is 16.4 Å². The average molecular weight is 493 g/mol. The number of nitrogens with zero attached hydrogens (tertiary/aromatic N) is 4. The Balaban J connectivity index is 1.58. The molecule has 3 atom stereocenters. The largest absolute Gasteiger partial charge is 0.378 e. The fourth-order valence-corrected chi connectivity index (χ4v) is 4.66. The number of rotatable bonds is 5. The van der Waals surface area contributed by atoms with Gasteiger partial charge in [0.25, 0.3) is 11.6 Å². The van der Waals surface area contributed by atoms with E-state index < -0.39 is 34.8 Å². The molecule has 0 bridgehead atoms. The van der Waals surface area contributed by atoms with E-state index >= 15 is 0 Å². The van der Waals surface area contributed by atoms with Gasteiger partial charge in [-0.25, -0.2) is 9.96 Å². The van der Waals surface area contributed by atoms with Crippen molar-refractivity contribution in [1.29, 1.82) is 0 Å². The third-order valence-electron chi connectivity index (χ3n) is 6.25. The standard InChI is InChI=1S/C25H21ClN4O5/c1-27(2)17-10-6-15(7-11-17)22-21-23(35-29(22)19-4-3-5-20(14-19)30(33)34)25(32)28(24(21)31)18-12-8-16(26)9-13-18/h3-14,21-23H,1-2H3. The molecule has 0 radical (unpaired) electrons. The number of imide groups is 1. The van der Waals surface area contributed by atoms with Crippen LogP contribution in [0.4, 0.5) is 22.7 Å². The predicted molar refractivity (Wildman–Crippen MR) is 131 cm³/mol. The Morgan fingerprint density at radius 2 is 1.63 bits per heavy atom. The lowest BCUT2D eigenvalue weighted by Gasteiger charge is -2.29. The first-order valence-electron chi connectivity index (χ1n) is 10.9. The quantitative estimate of drug-likeness (QED) is 0.296. The fraction of sp³-hybridized carbons (Fsp3) is 0.200. The van der Waals surface area contributed by atoms with E-state index in [9.17, 15) is 19.7 Å². The van der Waals surface area contributed by atoms with Gasteiger partial charge in [-0.2, -0.15) is 0 Å². The zero-order chi connectivity index (χ0) is 24.9. The first-order chi connectivity index (χ1) is 16.8. The van der Waals surface area contributed by atoms with Crippen LogP contribution in [0.25, 0.3) is 0 Å². The number of carbonyl (C=O) groups is 2. The molecule has 10 heteroatoms. The summed E-state index contributed by atoms with van der Waals surface area (Å²) in [5.74, 6) is -1.75. The monoisotopic (exact) mass is 492 g/mol. The van der Waals surface area contributed by atoms with Crippen LogP contribution in [0, 0.1) is 16.0 Å². The number of benzene rings is 3. The highest BCUT2D eigenvalue weighted by Gasteiger charge is 2.60. The van der Waals surface area contributed by atoms with Gasteiger partial charge in [-0.1, -0.05) is 29.8 Å². The van der Waals surface area contributed by atoms with Crippen molar-refractivity contribution in [1.82, 2.24) is 0 Å². The Morgan fingerprint density at radius 3 is 2.26 bits per heavy atom. The van der Waals surface area contributed by atoms with Gasteiger partial charge in [0.15, 0.2) is 6.10 Å². The molecule has 2 aliphatic rings. The van der Waals surface area contributed by atoms with Crippen LogP contribution in [-0.4, -0.2) is 36.9 Å². The Labute approximate surface area is 206 Å². The molecule has 3 aromatic carbocycles. The molecule has 2 saturated heterocycles. The van der Waals surface area contributed by atoms with E-state index in [1.165, 1.54) is 17.2 Å². The Hall–Kier alpha value is -3.95. The second-order valence-electron chi connectivity index (χ2n) is 8.57. The van der Waals surface area contributed by atoms with E-state index in [1.54, 1.807) is 36.4 Å². The summed E-state index contributed by atoms with van der Waals surface area (Å²) in [6.07, 6.45) is -1.07. The average Bonchev–Trinajstić information content (AvgIpc) is 3.36. The number of fused-ring (bicyclic) bond motifs is 1. The van der Waals surface area contributed by atoms with Crippen molar-refractivity contribution in [2.24, 2.45) is 5.92 Å². The van der Waals surface area contributed by atoms with Crippen molar-refractivity contribution < 1.29 is 19.3 Å². The highest BCUT2D eigenvalue weighted by Crippen LogP contribution is 2.48. The fourth-order valence-electron chi connectivity index (χ4n) is 4.54. The van der Waals surface area contributed by atoms with E-state index in [4.69, 9.17) is 16.4 Å². The smallest absolute Gasteiger partial charge is 0.271 e. The van der Waals surface area contributed by atoms with Gasteiger partial charge in [0.1, 0.15) is 5.92 Å².